The van der Waals surface area contributed by atoms with Gasteiger partial charge in [-0.05, 0) is 86.5 Å². The molecule has 0 aromatic heterocycles. The third-order valence-electron chi connectivity index (χ3n) is 7.09. The van der Waals surface area contributed by atoms with E-state index in [0.29, 0.717) is 11.1 Å². The summed E-state index contributed by atoms with van der Waals surface area (Å²) in [7, 11) is -12.6. The maximum absolute atomic E-state index is 9.75. The van der Waals surface area contributed by atoms with Gasteiger partial charge in [-0.15, -0.1) is 0 Å². The summed E-state index contributed by atoms with van der Waals surface area (Å²) in [5, 5.41) is 22.5. The fourth-order valence-corrected chi connectivity index (χ4v) is 9.65. The molecule has 0 aliphatic heterocycles. The molecular formula is C42H38B2F8N2P2Pd. The molecule has 298 valence electrons. The molecule has 6 rings (SSSR count). The largest absolute Gasteiger partial charge is 2.00 e. The molecule has 0 N–H and O–H groups in total. The van der Waals surface area contributed by atoms with Crippen LogP contribution in [-0.4, -0.2) is 26.8 Å². The van der Waals surface area contributed by atoms with Gasteiger partial charge in [0.15, 0.2) is 0 Å². The van der Waals surface area contributed by atoms with Gasteiger partial charge in [-0.25, -0.2) is 0 Å². The van der Waals surface area contributed by atoms with Crippen LogP contribution < -0.4 is 21.2 Å². The third kappa shape index (κ3) is 25.3. The van der Waals surface area contributed by atoms with E-state index in [-0.39, 0.29) is 36.3 Å². The molecule has 0 aliphatic carbocycles. The maximum atomic E-state index is 9.75. The molecule has 2 nitrogen and oxygen atoms in total. The van der Waals surface area contributed by atoms with E-state index in [9.17, 15) is 34.5 Å². The second kappa shape index (κ2) is 28.7. The zero-order chi connectivity index (χ0) is 41.1. The van der Waals surface area contributed by atoms with E-state index >= 15 is 0 Å². The fourth-order valence-electron chi connectivity index (χ4n) is 4.81. The van der Waals surface area contributed by atoms with Crippen molar-refractivity contribution in [3.63, 3.8) is 0 Å². The van der Waals surface area contributed by atoms with E-state index < -0.39 is 14.5 Å². The summed E-state index contributed by atoms with van der Waals surface area (Å²) in [5.41, 5.74) is 1.43. The number of benzene rings is 6. The van der Waals surface area contributed by atoms with E-state index in [1.807, 2.05) is 48.5 Å². The van der Waals surface area contributed by atoms with Gasteiger partial charge >= 0.3 is 34.9 Å². The molecule has 57 heavy (non-hydrogen) atoms. The summed E-state index contributed by atoms with van der Waals surface area (Å²) in [5.74, 6) is 0. The standard InChI is InChI=1S/C28H28P2.2C7H5N.2BF4.Pd/c1-5-15-25(16-6-1)29(26-17-7-2-8-18-26)23-13-14-24-30(27-19-9-3-10-20-27)28-21-11-4-12-22-28;2*8-6-7-4-2-1-3-5-7;2*2-1(3,4)5;/h1-12,15-22H,13-14,23-24H2;2*1-5H;;;/q;;;2*-1;+2. The fraction of sp³-hybridized carbons (Fsp3) is 0.0952. The zero-order valence-electron chi connectivity index (χ0n) is 30.4. The zero-order valence-corrected chi connectivity index (χ0v) is 33.8. The summed E-state index contributed by atoms with van der Waals surface area (Å²) in [6, 6.07) is 66.7. The first-order chi connectivity index (χ1) is 26.8. The van der Waals surface area contributed by atoms with Gasteiger partial charge < -0.3 is 34.5 Å². The minimum atomic E-state index is -6.00. The van der Waals surface area contributed by atoms with Crippen molar-refractivity contribution in [2.75, 3.05) is 12.3 Å². The predicted molar refractivity (Wildman–Crippen MR) is 220 cm³/mol. The van der Waals surface area contributed by atoms with E-state index in [1.165, 1.54) is 46.4 Å². The van der Waals surface area contributed by atoms with Gasteiger partial charge in [-0.1, -0.05) is 158 Å². The van der Waals surface area contributed by atoms with Crippen molar-refractivity contribution in [3.05, 3.63) is 193 Å². The summed E-state index contributed by atoms with van der Waals surface area (Å²) in [6.07, 6.45) is 5.06. The number of hydrogen-bond acceptors (Lipinski definition) is 2. The van der Waals surface area contributed by atoms with Gasteiger partial charge in [0.05, 0.1) is 23.3 Å². The first-order valence-corrected chi connectivity index (χ1v) is 20.2. The van der Waals surface area contributed by atoms with Gasteiger partial charge in [0.2, 0.25) is 0 Å². The van der Waals surface area contributed by atoms with E-state index in [2.05, 4.69) is 121 Å². The summed E-state index contributed by atoms with van der Waals surface area (Å²) in [6.45, 7) is 0. The van der Waals surface area contributed by atoms with Crippen molar-refractivity contribution >= 4 is 51.6 Å². The normalized spacial score (nSPS) is 10.2. The van der Waals surface area contributed by atoms with E-state index in [4.69, 9.17) is 10.5 Å². The Balaban J connectivity index is 0.000000485. The molecule has 0 bridgehead atoms. The van der Waals surface area contributed by atoms with Crippen molar-refractivity contribution in [3.8, 4) is 12.1 Å². The topological polar surface area (TPSA) is 47.6 Å². The molecule has 0 aliphatic rings. The Labute approximate surface area is 346 Å². The van der Waals surface area contributed by atoms with Gasteiger partial charge in [-0.3, -0.25) is 0 Å². The Hall–Kier alpha value is -4.61. The molecule has 0 saturated carbocycles. The van der Waals surface area contributed by atoms with Gasteiger partial charge in [0.25, 0.3) is 0 Å². The van der Waals surface area contributed by atoms with Crippen molar-refractivity contribution in [1.29, 1.82) is 10.5 Å². The summed E-state index contributed by atoms with van der Waals surface area (Å²) < 4.78 is 78.0. The van der Waals surface area contributed by atoms with Crippen LogP contribution in [0.3, 0.4) is 0 Å². The predicted octanol–water partition coefficient (Wildman–Crippen LogP) is 11.7. The molecule has 15 heteroatoms. The van der Waals surface area contributed by atoms with Crippen molar-refractivity contribution in [2.24, 2.45) is 0 Å². The summed E-state index contributed by atoms with van der Waals surface area (Å²) in [4.78, 5) is 0. The number of nitrogens with zero attached hydrogens (tertiary/aromatic N) is 2. The monoisotopic (exact) mass is 912 g/mol. The molecule has 0 radical (unpaired) electrons. The second-order valence-corrected chi connectivity index (χ2v) is 16.0. The van der Waals surface area contributed by atoms with Crippen molar-refractivity contribution < 1.29 is 54.9 Å². The summed E-state index contributed by atoms with van der Waals surface area (Å²) >= 11 is 0. The molecule has 0 fully saturated rings. The van der Waals surface area contributed by atoms with E-state index in [0.717, 1.165) is 0 Å². The third-order valence-corrected chi connectivity index (χ3v) is 12.3. The minimum absolute atomic E-state index is 0. The Morgan fingerprint density at radius 3 is 0.684 bits per heavy atom. The molecule has 6 aromatic carbocycles. The Morgan fingerprint density at radius 2 is 0.526 bits per heavy atom. The van der Waals surface area contributed by atoms with Crippen LogP contribution in [-0.2, 0) is 20.4 Å². The van der Waals surface area contributed by atoms with Gasteiger partial charge in [-0.2, -0.15) is 10.5 Å². The molecular weight excluding hydrogens is 874 g/mol. The molecule has 0 heterocycles. The Bertz CT molecular complexity index is 1740. The molecule has 0 amide bonds. The maximum Gasteiger partial charge on any atom is 2.00 e. The molecule has 0 spiro atoms. The molecule has 6 aromatic rings. The number of rotatable bonds is 9. The van der Waals surface area contributed by atoms with Crippen LogP contribution in [0.25, 0.3) is 0 Å². The Kier molecular flexibility index (Phi) is 25.4. The van der Waals surface area contributed by atoms with Crippen LogP contribution in [0, 0.1) is 22.7 Å². The number of unbranched alkanes of at least 4 members (excludes halogenated alkanes) is 1. The molecule has 0 unspecified atom stereocenters. The second-order valence-electron chi connectivity index (χ2n) is 11.3. The smallest absolute Gasteiger partial charge is 0.418 e. The van der Waals surface area contributed by atoms with Crippen LogP contribution in [0.5, 0.6) is 0 Å². The van der Waals surface area contributed by atoms with Gasteiger partial charge in [0.1, 0.15) is 0 Å². The first kappa shape index (κ1) is 50.4. The van der Waals surface area contributed by atoms with Crippen LogP contribution in [0.4, 0.5) is 34.5 Å². The van der Waals surface area contributed by atoms with E-state index in [1.54, 1.807) is 24.3 Å². The molecule has 0 saturated heterocycles. The van der Waals surface area contributed by atoms with Gasteiger partial charge in [0, 0.05) is 0 Å². The number of hydrogen-bond donors (Lipinski definition) is 0. The first-order valence-electron chi connectivity index (χ1n) is 17.2. The van der Waals surface area contributed by atoms with Crippen LogP contribution in [0.2, 0.25) is 0 Å². The quantitative estimate of drug-likeness (QED) is 0.0628. The number of nitriles is 2. The minimum Gasteiger partial charge on any atom is -0.418 e. The van der Waals surface area contributed by atoms with Crippen molar-refractivity contribution in [1.82, 2.24) is 0 Å². The van der Waals surface area contributed by atoms with Crippen molar-refractivity contribution in [2.45, 2.75) is 12.8 Å². The van der Waals surface area contributed by atoms with Crippen LogP contribution in [0.1, 0.15) is 24.0 Å². The SMILES string of the molecule is F[B-](F)(F)F.F[B-](F)(F)F.N#Cc1ccccc1.N#Cc1ccccc1.[Pd+2].c1ccc(P(CCCCP(c2ccccc2)c2ccccc2)c2ccccc2)cc1. The van der Waals surface area contributed by atoms with Crippen LogP contribution in [0.15, 0.2) is 182 Å². The number of halogens is 8. The Morgan fingerprint density at radius 1 is 0.351 bits per heavy atom. The average molecular weight is 913 g/mol. The molecule has 0 atom stereocenters. The van der Waals surface area contributed by atoms with Crippen LogP contribution >= 0.6 is 15.8 Å². The average Bonchev–Trinajstić information content (AvgIpc) is 3.20.